The van der Waals surface area contributed by atoms with E-state index in [2.05, 4.69) is 10.4 Å². The number of hydrogen-bond acceptors (Lipinski definition) is 4. The van der Waals surface area contributed by atoms with Crippen LogP contribution in [0.1, 0.15) is 29.4 Å². The number of carboxylic acids is 1. The molecule has 1 aromatic heterocycles. The molecule has 0 aliphatic carbocycles. The third-order valence-electron chi connectivity index (χ3n) is 3.75. The van der Waals surface area contributed by atoms with Crippen LogP contribution in [-0.2, 0) is 9.53 Å². The van der Waals surface area contributed by atoms with E-state index in [1.165, 1.54) is 13.3 Å². The zero-order valence-electron chi connectivity index (χ0n) is 14.2. The highest BCUT2D eigenvalue weighted by atomic mass is 35.5. The number of carbonyl (C=O) groups is 2. The number of aromatic nitrogens is 2. The van der Waals surface area contributed by atoms with Crippen LogP contribution in [0.5, 0.6) is 0 Å². The lowest BCUT2D eigenvalue weighted by atomic mass is 9.98. The Bertz CT molecular complexity index is 790. The topological polar surface area (TPSA) is 93.4 Å². The van der Waals surface area contributed by atoms with Gasteiger partial charge in [-0.3, -0.25) is 9.59 Å². The van der Waals surface area contributed by atoms with Crippen molar-refractivity contribution in [2.24, 2.45) is 0 Å². The molecule has 25 heavy (non-hydrogen) atoms. The van der Waals surface area contributed by atoms with Gasteiger partial charge in [0, 0.05) is 7.11 Å². The Hall–Kier alpha value is -2.38. The summed E-state index contributed by atoms with van der Waals surface area (Å²) in [6.45, 7) is 3.44. The van der Waals surface area contributed by atoms with Crippen molar-refractivity contribution in [2.75, 3.05) is 13.7 Å². The van der Waals surface area contributed by atoms with Gasteiger partial charge in [0.1, 0.15) is 0 Å². The second-order valence-electron chi connectivity index (χ2n) is 6.03. The van der Waals surface area contributed by atoms with E-state index < -0.39 is 17.4 Å². The van der Waals surface area contributed by atoms with Gasteiger partial charge in [0.25, 0.3) is 5.91 Å². The fourth-order valence-corrected chi connectivity index (χ4v) is 2.84. The first-order chi connectivity index (χ1) is 11.8. The second-order valence-corrected chi connectivity index (χ2v) is 6.43. The standard InChI is InChI=1S/C17H20ClN3O4/c1-11-12(9-19-21(11)14-7-5-4-6-13(14)18)16(24)20-17(2,10-25-3)8-15(22)23/h4-7,9H,8,10H2,1-3H3,(H,20,24)(H,22,23). The molecule has 7 nitrogen and oxygen atoms in total. The largest absolute Gasteiger partial charge is 0.481 e. The summed E-state index contributed by atoms with van der Waals surface area (Å²) in [6, 6.07) is 7.16. The number of benzene rings is 1. The number of para-hydroxylation sites is 1. The normalized spacial score (nSPS) is 13.3. The van der Waals surface area contributed by atoms with Crippen molar-refractivity contribution in [3.05, 3.63) is 46.7 Å². The number of nitrogens with one attached hydrogen (secondary N) is 1. The monoisotopic (exact) mass is 365 g/mol. The van der Waals surface area contributed by atoms with Crippen LogP contribution in [0, 0.1) is 6.92 Å². The lowest BCUT2D eigenvalue weighted by Gasteiger charge is -2.28. The molecule has 0 spiro atoms. The molecule has 2 N–H and O–H groups in total. The molecule has 0 fully saturated rings. The van der Waals surface area contributed by atoms with Gasteiger partial charge in [0.05, 0.1) is 46.7 Å². The maximum atomic E-state index is 12.6. The van der Waals surface area contributed by atoms with Gasteiger partial charge in [-0.2, -0.15) is 5.10 Å². The summed E-state index contributed by atoms with van der Waals surface area (Å²) in [5, 5.41) is 16.5. The van der Waals surface area contributed by atoms with Crippen LogP contribution in [0.4, 0.5) is 0 Å². The van der Waals surface area contributed by atoms with Gasteiger partial charge in [-0.25, -0.2) is 4.68 Å². The average Bonchev–Trinajstić information content (AvgIpc) is 2.88. The minimum Gasteiger partial charge on any atom is -0.481 e. The minimum atomic E-state index is -1.03. The molecule has 0 radical (unpaired) electrons. The molecule has 1 atom stereocenters. The fraction of sp³-hybridized carbons (Fsp3) is 0.353. The Morgan fingerprint density at radius 2 is 2.08 bits per heavy atom. The summed E-state index contributed by atoms with van der Waals surface area (Å²) in [6.07, 6.45) is 1.17. The number of ether oxygens (including phenoxy) is 1. The SMILES string of the molecule is COCC(C)(CC(=O)O)NC(=O)c1cnn(-c2ccccc2Cl)c1C. The molecule has 1 unspecified atom stereocenters. The maximum Gasteiger partial charge on any atom is 0.305 e. The number of aliphatic carboxylic acids is 1. The number of methoxy groups -OCH3 is 1. The maximum absolute atomic E-state index is 12.6. The molecular weight excluding hydrogens is 346 g/mol. The number of halogens is 1. The highest BCUT2D eigenvalue weighted by Crippen LogP contribution is 2.22. The lowest BCUT2D eigenvalue weighted by Crippen LogP contribution is -2.50. The number of hydrogen-bond donors (Lipinski definition) is 2. The van der Waals surface area contributed by atoms with E-state index in [4.69, 9.17) is 21.4 Å². The van der Waals surface area contributed by atoms with Gasteiger partial charge in [0.2, 0.25) is 0 Å². The summed E-state index contributed by atoms with van der Waals surface area (Å²) < 4.78 is 6.62. The Labute approximate surface area is 150 Å². The molecule has 2 aromatic rings. The summed E-state index contributed by atoms with van der Waals surface area (Å²) >= 11 is 6.18. The van der Waals surface area contributed by atoms with Crippen LogP contribution in [0.2, 0.25) is 5.02 Å². The molecule has 1 heterocycles. The lowest BCUT2D eigenvalue weighted by molar-refractivity contribution is -0.139. The molecule has 0 aliphatic rings. The van der Waals surface area contributed by atoms with Crippen molar-refractivity contribution in [2.45, 2.75) is 25.8 Å². The summed E-state index contributed by atoms with van der Waals surface area (Å²) in [7, 11) is 1.45. The van der Waals surface area contributed by atoms with Crippen molar-refractivity contribution in [1.29, 1.82) is 0 Å². The third-order valence-corrected chi connectivity index (χ3v) is 4.07. The first kappa shape index (κ1) is 19.0. The predicted octanol–water partition coefficient (Wildman–Crippen LogP) is 2.44. The van der Waals surface area contributed by atoms with Gasteiger partial charge in [-0.1, -0.05) is 23.7 Å². The van der Waals surface area contributed by atoms with Gasteiger partial charge in [-0.15, -0.1) is 0 Å². The van der Waals surface area contributed by atoms with Crippen LogP contribution in [0.15, 0.2) is 30.5 Å². The molecule has 8 heteroatoms. The van der Waals surface area contributed by atoms with Crippen molar-refractivity contribution in [1.82, 2.24) is 15.1 Å². The van der Waals surface area contributed by atoms with Gasteiger partial charge < -0.3 is 15.2 Å². The zero-order valence-corrected chi connectivity index (χ0v) is 15.0. The molecule has 1 amide bonds. The van der Waals surface area contributed by atoms with Crippen molar-refractivity contribution >= 4 is 23.5 Å². The number of rotatable bonds is 7. The van der Waals surface area contributed by atoms with Gasteiger partial charge >= 0.3 is 5.97 Å². The Morgan fingerprint density at radius 1 is 1.40 bits per heavy atom. The molecule has 2 rings (SSSR count). The average molecular weight is 366 g/mol. The molecule has 0 saturated carbocycles. The molecule has 134 valence electrons. The van der Waals surface area contributed by atoms with E-state index in [1.807, 2.05) is 6.07 Å². The van der Waals surface area contributed by atoms with Crippen molar-refractivity contribution in [3.8, 4) is 5.69 Å². The molecule has 0 bridgehead atoms. The number of amides is 1. The van der Waals surface area contributed by atoms with E-state index in [-0.39, 0.29) is 13.0 Å². The van der Waals surface area contributed by atoms with E-state index in [1.54, 1.807) is 36.7 Å². The highest BCUT2D eigenvalue weighted by molar-refractivity contribution is 6.32. The van der Waals surface area contributed by atoms with Crippen LogP contribution in [0.3, 0.4) is 0 Å². The van der Waals surface area contributed by atoms with Gasteiger partial charge in [-0.05, 0) is 26.0 Å². The summed E-state index contributed by atoms with van der Waals surface area (Å²) in [5.74, 6) is -1.44. The zero-order chi connectivity index (χ0) is 18.6. The second kappa shape index (κ2) is 7.67. The minimum absolute atomic E-state index is 0.0722. The van der Waals surface area contributed by atoms with Crippen LogP contribution in [-0.4, -0.2) is 46.0 Å². The van der Waals surface area contributed by atoms with Crippen LogP contribution >= 0.6 is 11.6 Å². The predicted molar refractivity (Wildman–Crippen MR) is 93.3 cm³/mol. The quantitative estimate of drug-likeness (QED) is 0.786. The van der Waals surface area contributed by atoms with Crippen LogP contribution in [0.25, 0.3) is 5.69 Å². The number of carbonyl (C=O) groups excluding carboxylic acids is 1. The molecule has 1 aromatic carbocycles. The van der Waals surface area contributed by atoms with Crippen molar-refractivity contribution in [3.63, 3.8) is 0 Å². The first-order valence-electron chi connectivity index (χ1n) is 7.60. The van der Waals surface area contributed by atoms with E-state index in [0.29, 0.717) is 22.0 Å². The molecule has 0 saturated heterocycles. The Kier molecular flexibility index (Phi) is 5.81. The first-order valence-corrected chi connectivity index (χ1v) is 7.98. The Morgan fingerprint density at radius 3 is 2.68 bits per heavy atom. The van der Waals surface area contributed by atoms with Gasteiger partial charge in [0.15, 0.2) is 0 Å². The van der Waals surface area contributed by atoms with Crippen LogP contribution < -0.4 is 5.32 Å². The molecular formula is C17H20ClN3O4. The van der Waals surface area contributed by atoms with E-state index >= 15 is 0 Å². The summed E-state index contributed by atoms with van der Waals surface area (Å²) in [4.78, 5) is 23.7. The highest BCUT2D eigenvalue weighted by Gasteiger charge is 2.31. The number of carboxylic acid groups (broad SMARTS) is 1. The Balaban J connectivity index is 2.29. The number of nitrogens with zero attached hydrogens (tertiary/aromatic N) is 2. The third kappa shape index (κ3) is 4.37. The smallest absolute Gasteiger partial charge is 0.305 e. The van der Waals surface area contributed by atoms with Crippen molar-refractivity contribution < 1.29 is 19.4 Å². The summed E-state index contributed by atoms with van der Waals surface area (Å²) in [5.41, 5.74) is 0.565. The van der Waals surface area contributed by atoms with E-state index in [9.17, 15) is 9.59 Å². The van der Waals surface area contributed by atoms with E-state index in [0.717, 1.165) is 0 Å². The fourth-order valence-electron chi connectivity index (χ4n) is 2.62. The molecule has 0 aliphatic heterocycles.